The third-order valence-electron chi connectivity index (χ3n) is 3.45. The predicted octanol–water partition coefficient (Wildman–Crippen LogP) is 4.84. The van der Waals surface area contributed by atoms with E-state index in [1.165, 1.54) is 18.4 Å². The molecule has 0 aliphatic rings. The van der Waals surface area contributed by atoms with Crippen LogP contribution in [0.1, 0.15) is 32.3 Å². The van der Waals surface area contributed by atoms with E-state index in [1.54, 1.807) is 7.11 Å². The molecule has 0 N–H and O–H groups in total. The van der Waals surface area contributed by atoms with Crippen LogP contribution in [0.3, 0.4) is 0 Å². The quantitative estimate of drug-likeness (QED) is 0.586. The van der Waals surface area contributed by atoms with Gasteiger partial charge in [0.15, 0.2) is 0 Å². The predicted molar refractivity (Wildman–Crippen MR) is 89.3 cm³/mol. The van der Waals surface area contributed by atoms with Gasteiger partial charge in [-0.3, -0.25) is 4.90 Å². The normalized spacial score (nSPS) is 11.3. The molecule has 108 valence electrons. The van der Waals surface area contributed by atoms with E-state index >= 15 is 0 Å². The molecule has 1 aromatic carbocycles. The lowest BCUT2D eigenvalue weighted by molar-refractivity contribution is 0.187. The van der Waals surface area contributed by atoms with Gasteiger partial charge in [-0.25, -0.2) is 0 Å². The van der Waals surface area contributed by atoms with Crippen LogP contribution in [0.4, 0.5) is 0 Å². The number of alkyl halides is 1. The average Bonchev–Trinajstić information content (AvgIpc) is 2.40. The van der Waals surface area contributed by atoms with E-state index in [9.17, 15) is 0 Å². The smallest absolute Gasteiger partial charge is 0.123 e. The van der Waals surface area contributed by atoms with Gasteiger partial charge in [-0.15, -0.1) is 0 Å². The van der Waals surface area contributed by atoms with Crippen molar-refractivity contribution in [1.29, 1.82) is 0 Å². The standard InChI is InChI=1S/C15H23Br2NO/c1-4-14(5-2)18(9-8-16)11-12-10-13(17)6-7-15(12)19-3/h6-7,10,14H,4-5,8-9,11H2,1-3H3. The van der Waals surface area contributed by atoms with Gasteiger partial charge in [-0.1, -0.05) is 45.7 Å². The van der Waals surface area contributed by atoms with E-state index in [-0.39, 0.29) is 0 Å². The highest BCUT2D eigenvalue weighted by Gasteiger charge is 2.16. The van der Waals surface area contributed by atoms with Crippen molar-refractivity contribution < 1.29 is 4.74 Å². The maximum Gasteiger partial charge on any atom is 0.123 e. The zero-order chi connectivity index (χ0) is 14.3. The van der Waals surface area contributed by atoms with Crippen molar-refractivity contribution in [2.45, 2.75) is 39.3 Å². The Hall–Kier alpha value is -0.0600. The molecule has 0 saturated heterocycles. The largest absolute Gasteiger partial charge is 0.496 e. The van der Waals surface area contributed by atoms with Crippen LogP contribution >= 0.6 is 31.9 Å². The molecule has 0 spiro atoms. The fourth-order valence-corrected chi connectivity index (χ4v) is 3.26. The number of methoxy groups -OCH3 is 1. The SMILES string of the molecule is CCC(CC)N(CCBr)Cc1cc(Br)ccc1OC. The van der Waals surface area contributed by atoms with Gasteiger partial charge in [0.1, 0.15) is 5.75 Å². The highest BCUT2D eigenvalue weighted by atomic mass is 79.9. The van der Waals surface area contributed by atoms with Crippen LogP contribution in [0.15, 0.2) is 22.7 Å². The molecule has 0 unspecified atom stereocenters. The lowest BCUT2D eigenvalue weighted by Gasteiger charge is -2.30. The number of nitrogens with zero attached hydrogens (tertiary/aromatic N) is 1. The topological polar surface area (TPSA) is 12.5 Å². The highest BCUT2D eigenvalue weighted by Crippen LogP contribution is 2.25. The van der Waals surface area contributed by atoms with Crippen molar-refractivity contribution in [2.24, 2.45) is 0 Å². The zero-order valence-corrected chi connectivity index (χ0v) is 15.1. The van der Waals surface area contributed by atoms with Crippen LogP contribution in [0.2, 0.25) is 0 Å². The molecule has 4 heteroatoms. The second-order valence-corrected chi connectivity index (χ2v) is 6.29. The molecule has 19 heavy (non-hydrogen) atoms. The molecular weight excluding hydrogens is 370 g/mol. The molecule has 1 aromatic rings. The average molecular weight is 393 g/mol. The molecule has 0 radical (unpaired) electrons. The minimum Gasteiger partial charge on any atom is -0.496 e. The number of ether oxygens (including phenoxy) is 1. The second-order valence-electron chi connectivity index (χ2n) is 4.59. The molecule has 0 aromatic heterocycles. The Kier molecular flexibility index (Phi) is 8.03. The molecule has 0 saturated carbocycles. The van der Waals surface area contributed by atoms with Crippen molar-refractivity contribution in [3.63, 3.8) is 0 Å². The Bertz CT molecular complexity index is 380. The van der Waals surface area contributed by atoms with Gasteiger partial charge >= 0.3 is 0 Å². The molecule has 0 aliphatic heterocycles. The molecule has 0 amide bonds. The maximum atomic E-state index is 5.47. The van der Waals surface area contributed by atoms with Crippen LogP contribution < -0.4 is 4.74 Å². The zero-order valence-electron chi connectivity index (χ0n) is 12.0. The summed E-state index contributed by atoms with van der Waals surface area (Å²) in [6.45, 7) is 6.50. The summed E-state index contributed by atoms with van der Waals surface area (Å²) in [6.07, 6.45) is 2.36. The second kappa shape index (κ2) is 8.98. The Morgan fingerprint density at radius 2 is 1.95 bits per heavy atom. The van der Waals surface area contributed by atoms with Crippen LogP contribution in [-0.4, -0.2) is 29.9 Å². The Morgan fingerprint density at radius 1 is 1.26 bits per heavy atom. The number of halogens is 2. The Balaban J connectivity index is 2.91. The summed E-state index contributed by atoms with van der Waals surface area (Å²) < 4.78 is 6.57. The first-order valence-corrected chi connectivity index (χ1v) is 8.70. The number of hydrogen-bond acceptors (Lipinski definition) is 2. The van der Waals surface area contributed by atoms with E-state index in [0.29, 0.717) is 6.04 Å². The highest BCUT2D eigenvalue weighted by molar-refractivity contribution is 9.10. The van der Waals surface area contributed by atoms with Crippen LogP contribution in [0, 0.1) is 0 Å². The summed E-state index contributed by atoms with van der Waals surface area (Å²) in [7, 11) is 1.73. The first kappa shape index (κ1) is 17.0. The van der Waals surface area contributed by atoms with Gasteiger partial charge in [-0.05, 0) is 31.0 Å². The van der Waals surface area contributed by atoms with E-state index in [0.717, 1.165) is 28.6 Å². The van der Waals surface area contributed by atoms with Gasteiger partial charge in [0.25, 0.3) is 0 Å². The van der Waals surface area contributed by atoms with Gasteiger partial charge < -0.3 is 4.74 Å². The minimum atomic E-state index is 0.626. The molecule has 0 bridgehead atoms. The van der Waals surface area contributed by atoms with Crippen LogP contribution in [0.25, 0.3) is 0 Å². The van der Waals surface area contributed by atoms with Gasteiger partial charge in [0.2, 0.25) is 0 Å². The minimum absolute atomic E-state index is 0.626. The molecule has 1 rings (SSSR count). The Morgan fingerprint density at radius 3 is 2.47 bits per heavy atom. The molecule has 0 atom stereocenters. The van der Waals surface area contributed by atoms with E-state index < -0.39 is 0 Å². The lowest BCUT2D eigenvalue weighted by Crippen LogP contribution is -2.35. The fourth-order valence-electron chi connectivity index (χ4n) is 2.39. The van der Waals surface area contributed by atoms with Crippen LogP contribution in [-0.2, 0) is 6.54 Å². The maximum absolute atomic E-state index is 5.47. The summed E-state index contributed by atoms with van der Waals surface area (Å²) >= 11 is 7.10. The lowest BCUT2D eigenvalue weighted by atomic mass is 10.1. The fraction of sp³-hybridized carbons (Fsp3) is 0.600. The molecular formula is C15H23Br2NO. The first-order valence-electron chi connectivity index (χ1n) is 6.78. The van der Waals surface area contributed by atoms with Crippen molar-refractivity contribution in [1.82, 2.24) is 4.90 Å². The molecule has 0 aliphatic carbocycles. The number of hydrogen-bond donors (Lipinski definition) is 0. The van der Waals surface area contributed by atoms with Crippen molar-refractivity contribution in [2.75, 3.05) is 19.0 Å². The third kappa shape index (κ3) is 5.09. The summed E-state index contributed by atoms with van der Waals surface area (Å²) in [5, 5.41) is 1.000. The third-order valence-corrected chi connectivity index (χ3v) is 4.29. The number of benzene rings is 1. The van der Waals surface area contributed by atoms with E-state index in [1.807, 2.05) is 12.1 Å². The van der Waals surface area contributed by atoms with Crippen molar-refractivity contribution >= 4 is 31.9 Å². The summed E-state index contributed by atoms with van der Waals surface area (Å²) in [5.41, 5.74) is 1.24. The molecule has 0 heterocycles. The summed E-state index contributed by atoms with van der Waals surface area (Å²) in [6, 6.07) is 6.83. The van der Waals surface area contributed by atoms with Crippen LogP contribution in [0.5, 0.6) is 5.75 Å². The molecule has 0 fully saturated rings. The number of rotatable bonds is 8. The Labute approximate surface area is 133 Å². The monoisotopic (exact) mass is 391 g/mol. The van der Waals surface area contributed by atoms with Crippen molar-refractivity contribution in [3.8, 4) is 5.75 Å². The van der Waals surface area contributed by atoms with E-state index in [4.69, 9.17) is 4.74 Å². The summed E-state index contributed by atoms with van der Waals surface area (Å²) in [4.78, 5) is 2.53. The van der Waals surface area contributed by atoms with E-state index in [2.05, 4.69) is 56.7 Å². The van der Waals surface area contributed by atoms with Crippen molar-refractivity contribution in [3.05, 3.63) is 28.2 Å². The van der Waals surface area contributed by atoms with Gasteiger partial charge in [0.05, 0.1) is 7.11 Å². The van der Waals surface area contributed by atoms with Gasteiger partial charge in [-0.2, -0.15) is 0 Å². The summed E-state index contributed by atoms with van der Waals surface area (Å²) in [5.74, 6) is 0.966. The molecule has 2 nitrogen and oxygen atoms in total. The first-order chi connectivity index (χ1) is 9.15. The van der Waals surface area contributed by atoms with Gasteiger partial charge in [0, 0.05) is 34.5 Å².